The van der Waals surface area contributed by atoms with Crippen LogP contribution in [0.2, 0.25) is 0 Å². The minimum absolute atomic E-state index is 0.0429. The summed E-state index contributed by atoms with van der Waals surface area (Å²) in [7, 11) is 0. The van der Waals surface area contributed by atoms with E-state index >= 15 is 0 Å². The van der Waals surface area contributed by atoms with Crippen LogP contribution in [0.25, 0.3) is 0 Å². The summed E-state index contributed by atoms with van der Waals surface area (Å²) >= 11 is 0. The molecule has 0 spiro atoms. The monoisotopic (exact) mass is 409 g/mol. The maximum atomic E-state index is 12.9. The smallest absolute Gasteiger partial charge is 0.241 e. The highest BCUT2D eigenvalue weighted by atomic mass is 16.5. The van der Waals surface area contributed by atoms with Crippen molar-refractivity contribution in [2.24, 2.45) is 0 Å². The van der Waals surface area contributed by atoms with Crippen molar-refractivity contribution in [2.45, 2.75) is 58.8 Å². The molecular formula is C25H35N3O2. The zero-order valence-electron chi connectivity index (χ0n) is 18.7. The predicted molar refractivity (Wildman–Crippen MR) is 122 cm³/mol. The van der Waals surface area contributed by atoms with Crippen LogP contribution in [-0.4, -0.2) is 42.5 Å². The van der Waals surface area contributed by atoms with E-state index in [9.17, 15) is 4.79 Å². The third-order valence-corrected chi connectivity index (χ3v) is 5.67. The summed E-state index contributed by atoms with van der Waals surface area (Å²) in [6, 6.07) is 16.9. The van der Waals surface area contributed by atoms with Crippen LogP contribution in [0.4, 0.5) is 0 Å². The minimum atomic E-state index is -0.302. The number of rotatable bonds is 9. The average Bonchev–Trinajstić information content (AvgIpc) is 2.74. The van der Waals surface area contributed by atoms with Crippen molar-refractivity contribution < 1.29 is 9.53 Å². The molecule has 0 fully saturated rings. The first-order chi connectivity index (χ1) is 14.5. The molecule has 2 N–H and O–H groups in total. The molecule has 5 nitrogen and oxygen atoms in total. The summed E-state index contributed by atoms with van der Waals surface area (Å²) in [6.07, 6.45) is 0.899. The first kappa shape index (κ1) is 22.3. The molecule has 1 aliphatic heterocycles. The summed E-state index contributed by atoms with van der Waals surface area (Å²) in [5.41, 5.74) is 3.38. The van der Waals surface area contributed by atoms with Crippen LogP contribution in [-0.2, 0) is 17.8 Å². The topological polar surface area (TPSA) is 53.6 Å². The molecule has 5 heteroatoms. The molecule has 1 unspecified atom stereocenters. The third kappa shape index (κ3) is 5.83. The maximum absolute atomic E-state index is 12.9. The Morgan fingerprint density at radius 3 is 2.57 bits per heavy atom. The molecule has 0 saturated heterocycles. The Balaban J connectivity index is 1.59. The van der Waals surface area contributed by atoms with Gasteiger partial charge in [-0.1, -0.05) is 36.4 Å². The van der Waals surface area contributed by atoms with E-state index in [0.29, 0.717) is 25.2 Å². The predicted octanol–water partition coefficient (Wildman–Crippen LogP) is 3.69. The van der Waals surface area contributed by atoms with Crippen molar-refractivity contribution in [3.05, 3.63) is 65.2 Å². The number of ether oxygens (including phenoxy) is 1. The standard InChI is InChI=1S/C25H35N3O2/c1-18(2)28(19(3)4)15-14-27-25(29)24-23-11-10-22(16-21(23)12-13-26-24)30-17-20-8-6-5-7-9-20/h5-11,16,18-19,24,26H,12-15,17H2,1-4H3,(H,27,29). The van der Waals surface area contributed by atoms with Crippen molar-refractivity contribution in [3.63, 3.8) is 0 Å². The van der Waals surface area contributed by atoms with Crippen molar-refractivity contribution >= 4 is 5.91 Å². The molecule has 162 valence electrons. The average molecular weight is 410 g/mol. The lowest BCUT2D eigenvalue weighted by atomic mass is 9.93. The van der Waals surface area contributed by atoms with Gasteiger partial charge in [-0.2, -0.15) is 0 Å². The Kier molecular flexibility index (Phi) is 7.88. The van der Waals surface area contributed by atoms with Gasteiger partial charge in [0, 0.05) is 31.7 Å². The van der Waals surface area contributed by atoms with Gasteiger partial charge >= 0.3 is 0 Å². The van der Waals surface area contributed by atoms with Gasteiger partial charge in [0.25, 0.3) is 0 Å². The first-order valence-electron chi connectivity index (χ1n) is 11.0. The highest BCUT2D eigenvalue weighted by molar-refractivity contribution is 5.84. The normalized spacial score (nSPS) is 16.0. The van der Waals surface area contributed by atoms with E-state index < -0.39 is 0 Å². The molecule has 1 heterocycles. The number of nitrogens with one attached hydrogen (secondary N) is 2. The molecular weight excluding hydrogens is 374 g/mol. The quantitative estimate of drug-likeness (QED) is 0.663. The van der Waals surface area contributed by atoms with E-state index in [1.54, 1.807) is 0 Å². The summed E-state index contributed by atoms with van der Waals surface area (Å²) in [4.78, 5) is 15.2. The Morgan fingerprint density at radius 1 is 1.13 bits per heavy atom. The van der Waals surface area contributed by atoms with Gasteiger partial charge in [-0.15, -0.1) is 0 Å². The fourth-order valence-corrected chi connectivity index (χ4v) is 4.13. The van der Waals surface area contributed by atoms with E-state index in [1.165, 1.54) is 5.56 Å². The molecule has 3 rings (SSSR count). The Labute approximate surface area is 180 Å². The minimum Gasteiger partial charge on any atom is -0.489 e. The number of hydrogen-bond acceptors (Lipinski definition) is 4. The molecule has 30 heavy (non-hydrogen) atoms. The number of benzene rings is 2. The van der Waals surface area contributed by atoms with Crippen LogP contribution >= 0.6 is 0 Å². The van der Waals surface area contributed by atoms with Crippen molar-refractivity contribution in [1.82, 2.24) is 15.5 Å². The second-order valence-corrected chi connectivity index (χ2v) is 8.49. The Morgan fingerprint density at radius 2 is 1.87 bits per heavy atom. The van der Waals surface area contributed by atoms with Crippen LogP contribution in [0.3, 0.4) is 0 Å². The van der Waals surface area contributed by atoms with E-state index in [2.05, 4.69) is 61.4 Å². The maximum Gasteiger partial charge on any atom is 0.241 e. The lowest BCUT2D eigenvalue weighted by Gasteiger charge is -2.31. The second kappa shape index (κ2) is 10.6. The summed E-state index contributed by atoms with van der Waals surface area (Å²) in [5, 5.41) is 6.49. The van der Waals surface area contributed by atoms with Gasteiger partial charge in [0.2, 0.25) is 5.91 Å². The molecule has 0 aromatic heterocycles. The number of nitrogens with zero attached hydrogens (tertiary/aromatic N) is 1. The van der Waals surface area contributed by atoms with Gasteiger partial charge in [-0.25, -0.2) is 0 Å². The highest BCUT2D eigenvalue weighted by Crippen LogP contribution is 2.27. The molecule has 1 amide bonds. The Hall–Kier alpha value is -2.37. The largest absolute Gasteiger partial charge is 0.489 e. The zero-order valence-corrected chi connectivity index (χ0v) is 18.7. The SMILES string of the molecule is CC(C)N(CCNC(=O)C1NCCc2cc(OCc3ccccc3)ccc21)C(C)C. The van der Waals surface area contributed by atoms with Gasteiger partial charge in [0.15, 0.2) is 0 Å². The van der Waals surface area contributed by atoms with Gasteiger partial charge in [-0.05, 0) is 62.9 Å². The molecule has 2 aromatic carbocycles. The van der Waals surface area contributed by atoms with Gasteiger partial charge in [-0.3, -0.25) is 9.69 Å². The van der Waals surface area contributed by atoms with Crippen molar-refractivity contribution in [3.8, 4) is 5.75 Å². The van der Waals surface area contributed by atoms with Crippen LogP contribution in [0.1, 0.15) is 50.4 Å². The highest BCUT2D eigenvalue weighted by Gasteiger charge is 2.26. The number of hydrogen-bond donors (Lipinski definition) is 2. The van der Waals surface area contributed by atoms with Gasteiger partial charge in [0.05, 0.1) is 0 Å². The number of amides is 1. The Bertz CT molecular complexity index is 812. The van der Waals surface area contributed by atoms with E-state index in [-0.39, 0.29) is 11.9 Å². The van der Waals surface area contributed by atoms with Crippen molar-refractivity contribution in [1.29, 1.82) is 0 Å². The lowest BCUT2D eigenvalue weighted by Crippen LogP contribution is -2.46. The summed E-state index contributed by atoms with van der Waals surface area (Å²) in [6.45, 7) is 11.6. The third-order valence-electron chi connectivity index (χ3n) is 5.67. The number of carbonyl (C=O) groups is 1. The van der Waals surface area contributed by atoms with E-state index in [1.807, 2.05) is 30.3 Å². The number of carbonyl (C=O) groups excluding carboxylic acids is 1. The van der Waals surface area contributed by atoms with Crippen LogP contribution < -0.4 is 15.4 Å². The molecule has 1 aliphatic rings. The number of fused-ring (bicyclic) bond motifs is 1. The van der Waals surface area contributed by atoms with Gasteiger partial charge in [0.1, 0.15) is 18.4 Å². The fraction of sp³-hybridized carbons (Fsp3) is 0.480. The van der Waals surface area contributed by atoms with Gasteiger partial charge < -0.3 is 15.4 Å². The first-order valence-corrected chi connectivity index (χ1v) is 11.0. The molecule has 1 atom stereocenters. The molecule has 0 radical (unpaired) electrons. The lowest BCUT2D eigenvalue weighted by molar-refractivity contribution is -0.123. The van der Waals surface area contributed by atoms with E-state index in [4.69, 9.17) is 4.74 Å². The fourth-order valence-electron chi connectivity index (χ4n) is 4.13. The van der Waals surface area contributed by atoms with Crippen molar-refractivity contribution in [2.75, 3.05) is 19.6 Å². The van der Waals surface area contributed by atoms with Crippen LogP contribution in [0, 0.1) is 0 Å². The summed E-state index contributed by atoms with van der Waals surface area (Å²) in [5.74, 6) is 0.893. The van der Waals surface area contributed by atoms with Crippen LogP contribution in [0.5, 0.6) is 5.75 Å². The molecule has 0 saturated carbocycles. The zero-order chi connectivity index (χ0) is 21.5. The van der Waals surface area contributed by atoms with E-state index in [0.717, 1.165) is 36.4 Å². The molecule has 0 aliphatic carbocycles. The molecule has 2 aromatic rings. The molecule has 0 bridgehead atoms. The second-order valence-electron chi connectivity index (χ2n) is 8.49. The summed E-state index contributed by atoms with van der Waals surface area (Å²) < 4.78 is 5.96. The van der Waals surface area contributed by atoms with Crippen LogP contribution in [0.15, 0.2) is 48.5 Å².